The molecule has 0 aromatic heterocycles. The molecule has 0 bridgehead atoms. The van der Waals surface area contributed by atoms with Crippen molar-refractivity contribution in [3.05, 3.63) is 29.8 Å². The molecular weight excluding hydrogens is 356 g/mol. The van der Waals surface area contributed by atoms with Gasteiger partial charge in [0.1, 0.15) is 11.4 Å². The zero-order valence-corrected chi connectivity index (χ0v) is 14.5. The molecule has 1 saturated heterocycles. The number of hydrogen-bond donors (Lipinski definition) is 0. The molecule has 0 aliphatic carbocycles. The molecule has 0 unspecified atom stereocenters. The summed E-state index contributed by atoms with van der Waals surface area (Å²) >= 11 is 0. The van der Waals surface area contributed by atoms with E-state index < -0.39 is 44.3 Å². The SMILES string of the molecule is CN(C(=O)CN1C(=O)c2ccccc2S1(=O)=O)[C@H]1CCS(=O)(=O)C1. The first-order valence-electron chi connectivity index (χ1n) is 7.26. The van der Waals surface area contributed by atoms with Gasteiger partial charge < -0.3 is 4.90 Å². The molecule has 2 amide bonds. The van der Waals surface area contributed by atoms with Gasteiger partial charge in [-0.1, -0.05) is 12.1 Å². The summed E-state index contributed by atoms with van der Waals surface area (Å²) in [5.41, 5.74) is 0.0383. The zero-order chi connectivity index (χ0) is 17.7. The lowest BCUT2D eigenvalue weighted by atomic mass is 10.2. The van der Waals surface area contributed by atoms with E-state index in [0.717, 1.165) is 0 Å². The minimum absolute atomic E-state index is 0.00166. The van der Waals surface area contributed by atoms with E-state index in [9.17, 15) is 26.4 Å². The third kappa shape index (κ3) is 2.69. The van der Waals surface area contributed by atoms with Gasteiger partial charge in [-0.3, -0.25) is 9.59 Å². The molecule has 2 aliphatic rings. The number of benzene rings is 1. The van der Waals surface area contributed by atoms with Gasteiger partial charge in [0.25, 0.3) is 15.9 Å². The molecule has 1 aromatic carbocycles. The number of nitrogens with zero attached hydrogens (tertiary/aromatic N) is 2. The van der Waals surface area contributed by atoms with Gasteiger partial charge in [-0.05, 0) is 18.6 Å². The molecule has 1 atom stereocenters. The van der Waals surface area contributed by atoms with Gasteiger partial charge in [0, 0.05) is 13.1 Å². The van der Waals surface area contributed by atoms with E-state index >= 15 is 0 Å². The number of fused-ring (bicyclic) bond motifs is 1. The van der Waals surface area contributed by atoms with E-state index in [1.165, 1.54) is 30.1 Å². The van der Waals surface area contributed by atoms with Crippen molar-refractivity contribution in [2.75, 3.05) is 25.1 Å². The summed E-state index contributed by atoms with van der Waals surface area (Å²) in [5.74, 6) is -1.49. The van der Waals surface area contributed by atoms with Crippen molar-refractivity contribution in [3.63, 3.8) is 0 Å². The van der Waals surface area contributed by atoms with Crippen LogP contribution in [-0.4, -0.2) is 69.0 Å². The van der Waals surface area contributed by atoms with Crippen LogP contribution in [0.2, 0.25) is 0 Å². The third-order valence-electron chi connectivity index (χ3n) is 4.34. The number of sulfone groups is 1. The molecule has 2 aliphatic heterocycles. The van der Waals surface area contributed by atoms with Crippen LogP contribution >= 0.6 is 0 Å². The number of amides is 2. The molecule has 130 valence electrons. The molecule has 2 heterocycles. The predicted molar refractivity (Wildman–Crippen MR) is 84.5 cm³/mol. The number of rotatable bonds is 3. The molecule has 8 nitrogen and oxygen atoms in total. The van der Waals surface area contributed by atoms with Crippen molar-refractivity contribution in [1.82, 2.24) is 9.21 Å². The van der Waals surface area contributed by atoms with Crippen LogP contribution in [0.5, 0.6) is 0 Å². The lowest BCUT2D eigenvalue weighted by Crippen LogP contribution is -2.45. The monoisotopic (exact) mass is 372 g/mol. The van der Waals surface area contributed by atoms with Crippen molar-refractivity contribution in [2.24, 2.45) is 0 Å². The highest BCUT2D eigenvalue weighted by Crippen LogP contribution is 2.30. The molecular formula is C14H16N2O6S2. The third-order valence-corrected chi connectivity index (χ3v) is 7.88. The average molecular weight is 372 g/mol. The minimum Gasteiger partial charge on any atom is -0.340 e. The zero-order valence-electron chi connectivity index (χ0n) is 12.9. The molecule has 10 heteroatoms. The van der Waals surface area contributed by atoms with Gasteiger partial charge in [0.05, 0.1) is 17.1 Å². The fourth-order valence-corrected chi connectivity index (χ4v) is 6.20. The Morgan fingerprint density at radius 1 is 1.25 bits per heavy atom. The maximum atomic E-state index is 12.4. The molecule has 0 radical (unpaired) electrons. The number of likely N-dealkylation sites (N-methyl/N-ethyl adjacent to an activating group) is 1. The molecule has 24 heavy (non-hydrogen) atoms. The Hall–Kier alpha value is -1.94. The van der Waals surface area contributed by atoms with Crippen LogP contribution in [0, 0.1) is 0 Å². The lowest BCUT2D eigenvalue weighted by Gasteiger charge is -2.25. The highest BCUT2D eigenvalue weighted by molar-refractivity contribution is 7.91. The van der Waals surface area contributed by atoms with Crippen LogP contribution in [0.25, 0.3) is 0 Å². The average Bonchev–Trinajstić information content (AvgIpc) is 2.98. The summed E-state index contributed by atoms with van der Waals surface area (Å²) in [7, 11) is -5.80. The largest absolute Gasteiger partial charge is 0.340 e. The van der Waals surface area contributed by atoms with Crippen LogP contribution in [0.15, 0.2) is 29.2 Å². The summed E-state index contributed by atoms with van der Waals surface area (Å²) in [6.07, 6.45) is 0.311. The van der Waals surface area contributed by atoms with Crippen LogP contribution in [0.1, 0.15) is 16.8 Å². The Kier molecular flexibility index (Phi) is 3.91. The smallest absolute Gasteiger partial charge is 0.269 e. The van der Waals surface area contributed by atoms with Crippen molar-refractivity contribution in [1.29, 1.82) is 0 Å². The van der Waals surface area contributed by atoms with Crippen LogP contribution < -0.4 is 0 Å². The summed E-state index contributed by atoms with van der Waals surface area (Å²) in [4.78, 5) is 25.7. The Morgan fingerprint density at radius 2 is 1.92 bits per heavy atom. The van der Waals surface area contributed by atoms with E-state index in [1.807, 2.05) is 0 Å². The van der Waals surface area contributed by atoms with E-state index in [0.29, 0.717) is 10.7 Å². The first kappa shape index (κ1) is 16.9. The number of sulfonamides is 1. The highest BCUT2D eigenvalue weighted by atomic mass is 32.2. The summed E-state index contributed by atoms with van der Waals surface area (Å²) < 4.78 is 48.4. The van der Waals surface area contributed by atoms with Gasteiger partial charge in [-0.25, -0.2) is 21.1 Å². The van der Waals surface area contributed by atoms with Crippen molar-refractivity contribution in [2.45, 2.75) is 17.4 Å². The van der Waals surface area contributed by atoms with Gasteiger partial charge in [-0.2, -0.15) is 0 Å². The normalized spacial score (nSPS) is 24.0. The van der Waals surface area contributed by atoms with Gasteiger partial charge >= 0.3 is 0 Å². The Balaban J connectivity index is 1.80. The van der Waals surface area contributed by atoms with E-state index in [4.69, 9.17) is 0 Å². The van der Waals surface area contributed by atoms with E-state index in [2.05, 4.69) is 0 Å². The predicted octanol–water partition coefficient (Wildman–Crippen LogP) is -0.523. The summed E-state index contributed by atoms with van der Waals surface area (Å²) in [6, 6.07) is 5.27. The molecule has 0 spiro atoms. The van der Waals surface area contributed by atoms with Crippen molar-refractivity contribution < 1.29 is 26.4 Å². The number of carbonyl (C=O) groups is 2. The topological polar surface area (TPSA) is 109 Å². The van der Waals surface area contributed by atoms with Gasteiger partial charge in [0.15, 0.2) is 9.84 Å². The molecule has 0 N–H and O–H groups in total. The van der Waals surface area contributed by atoms with Gasteiger partial charge in [0.2, 0.25) is 5.91 Å². The Morgan fingerprint density at radius 3 is 2.50 bits per heavy atom. The summed E-state index contributed by atoms with van der Waals surface area (Å²) in [5, 5.41) is 0. The summed E-state index contributed by atoms with van der Waals surface area (Å²) in [6.45, 7) is -0.636. The van der Waals surface area contributed by atoms with E-state index in [1.54, 1.807) is 6.07 Å². The van der Waals surface area contributed by atoms with E-state index in [-0.39, 0.29) is 22.0 Å². The quantitative estimate of drug-likeness (QED) is 0.706. The van der Waals surface area contributed by atoms with Crippen LogP contribution in [0.4, 0.5) is 0 Å². The second-order valence-electron chi connectivity index (χ2n) is 5.87. The van der Waals surface area contributed by atoms with Crippen LogP contribution in [-0.2, 0) is 24.7 Å². The maximum Gasteiger partial charge on any atom is 0.269 e. The minimum atomic E-state index is -4.05. The Labute approximate surface area is 140 Å². The fraction of sp³-hybridized carbons (Fsp3) is 0.429. The van der Waals surface area contributed by atoms with Crippen LogP contribution in [0.3, 0.4) is 0 Å². The molecule has 3 rings (SSSR count). The number of hydrogen-bond acceptors (Lipinski definition) is 6. The molecule has 0 saturated carbocycles. The first-order chi connectivity index (χ1) is 11.1. The first-order valence-corrected chi connectivity index (χ1v) is 10.5. The second-order valence-corrected chi connectivity index (χ2v) is 9.93. The van der Waals surface area contributed by atoms with Gasteiger partial charge in [-0.15, -0.1) is 0 Å². The lowest BCUT2D eigenvalue weighted by molar-refractivity contribution is -0.131. The van der Waals surface area contributed by atoms with Crippen molar-refractivity contribution >= 4 is 31.7 Å². The highest BCUT2D eigenvalue weighted by Gasteiger charge is 2.43. The maximum absolute atomic E-state index is 12.4. The van der Waals surface area contributed by atoms with Crippen molar-refractivity contribution in [3.8, 4) is 0 Å². The number of carbonyl (C=O) groups excluding carboxylic acids is 2. The molecule has 1 fully saturated rings. The molecule has 1 aromatic rings. The Bertz CT molecular complexity index is 922. The second kappa shape index (κ2) is 5.55. The fourth-order valence-electron chi connectivity index (χ4n) is 2.91. The standard InChI is InChI=1S/C14H16N2O6S2/c1-15(10-6-7-23(19,20)9-10)13(17)8-16-14(18)11-4-2-3-5-12(11)24(16,21)22/h2-5,10H,6-9H2,1H3/t10-/m0/s1.